The van der Waals surface area contributed by atoms with E-state index in [1.807, 2.05) is 6.92 Å². The van der Waals surface area contributed by atoms with E-state index in [0.29, 0.717) is 12.0 Å². The van der Waals surface area contributed by atoms with E-state index in [0.717, 1.165) is 25.3 Å². The molecule has 1 rings (SSSR count). The molecule has 0 amide bonds. The van der Waals surface area contributed by atoms with Gasteiger partial charge in [0.25, 0.3) is 0 Å². The van der Waals surface area contributed by atoms with Gasteiger partial charge in [-0.2, -0.15) is 13.2 Å². The van der Waals surface area contributed by atoms with E-state index in [2.05, 4.69) is 0 Å². The van der Waals surface area contributed by atoms with Gasteiger partial charge in [-0.25, -0.2) is 0 Å². The Morgan fingerprint density at radius 2 is 1.95 bits per heavy atom. The van der Waals surface area contributed by atoms with Crippen LogP contribution in [0.2, 0.25) is 0 Å². The van der Waals surface area contributed by atoms with Gasteiger partial charge in [0, 0.05) is 5.75 Å². The van der Waals surface area contributed by atoms with Gasteiger partial charge in [-0.1, -0.05) is 43.0 Å². The molecule has 2 nitrogen and oxygen atoms in total. The van der Waals surface area contributed by atoms with Gasteiger partial charge in [-0.05, 0) is 30.0 Å². The van der Waals surface area contributed by atoms with E-state index in [1.165, 1.54) is 6.07 Å². The van der Waals surface area contributed by atoms with Gasteiger partial charge in [0.2, 0.25) is 0 Å². The molecule has 0 spiro atoms. The summed E-state index contributed by atoms with van der Waals surface area (Å²) in [4.78, 5) is 0. The summed E-state index contributed by atoms with van der Waals surface area (Å²) in [5.74, 6) is -0.586. The van der Waals surface area contributed by atoms with Crippen LogP contribution in [0.4, 0.5) is 13.2 Å². The van der Waals surface area contributed by atoms with Crippen LogP contribution in [0.25, 0.3) is 0 Å². The summed E-state index contributed by atoms with van der Waals surface area (Å²) in [7, 11) is 0. The van der Waals surface area contributed by atoms with Gasteiger partial charge < -0.3 is 4.55 Å². The van der Waals surface area contributed by atoms with Crippen molar-refractivity contribution < 1.29 is 21.9 Å². The highest BCUT2D eigenvalue weighted by Crippen LogP contribution is 2.34. The highest BCUT2D eigenvalue weighted by atomic mass is 32.2. The minimum atomic E-state index is -4.52. The number of unbranched alkanes of at least 4 members (excludes halogenated alkanes) is 2. The van der Waals surface area contributed by atoms with Gasteiger partial charge >= 0.3 is 6.18 Å². The van der Waals surface area contributed by atoms with Crippen molar-refractivity contribution in [2.24, 2.45) is 0 Å². The summed E-state index contributed by atoms with van der Waals surface area (Å²) in [6.07, 6.45) is -1.41. The molecule has 19 heavy (non-hydrogen) atoms. The van der Waals surface area contributed by atoms with Crippen LogP contribution in [0.3, 0.4) is 0 Å². The van der Waals surface area contributed by atoms with Gasteiger partial charge in [-0.15, -0.1) is 0 Å². The lowest BCUT2D eigenvalue weighted by atomic mass is 9.97. The molecule has 0 aromatic heterocycles. The average molecular weight is 293 g/mol. The first-order chi connectivity index (χ1) is 8.86. The Bertz CT molecular complexity index is 444. The Hall–Kier alpha value is -0.880. The highest BCUT2D eigenvalue weighted by Gasteiger charge is 2.33. The Morgan fingerprint density at radius 1 is 1.26 bits per heavy atom. The van der Waals surface area contributed by atoms with Crippen molar-refractivity contribution in [3.8, 4) is 0 Å². The van der Waals surface area contributed by atoms with Gasteiger partial charge in [0.1, 0.15) is 0 Å². The average Bonchev–Trinajstić information content (AvgIpc) is 2.29. The van der Waals surface area contributed by atoms with E-state index in [4.69, 9.17) is 0 Å². The second-order valence-corrected chi connectivity index (χ2v) is 5.24. The zero-order chi connectivity index (χ0) is 14.5. The molecule has 0 aliphatic heterocycles. The fourth-order valence-electron chi connectivity index (χ4n) is 1.99. The van der Waals surface area contributed by atoms with Crippen molar-refractivity contribution in [1.82, 2.24) is 0 Å². The zero-order valence-corrected chi connectivity index (χ0v) is 11.4. The molecular weight excluding hydrogens is 277 g/mol. The minimum absolute atomic E-state index is 0.112. The number of benzene rings is 1. The molecule has 0 aliphatic rings. The first kappa shape index (κ1) is 16.2. The van der Waals surface area contributed by atoms with Crippen molar-refractivity contribution in [1.29, 1.82) is 0 Å². The first-order valence-corrected chi connectivity index (χ1v) is 7.34. The molecule has 1 atom stereocenters. The third kappa shape index (κ3) is 4.95. The number of halogens is 3. The van der Waals surface area contributed by atoms with Crippen LogP contribution in [0, 0.1) is 0 Å². The number of hydrogen-bond acceptors (Lipinski definition) is 2. The molecule has 1 aromatic rings. The number of hydrogen-bond donors (Lipinski definition) is 0. The molecular formula is C13H16F3O2S-. The second-order valence-electron chi connectivity index (χ2n) is 4.35. The monoisotopic (exact) mass is 293 g/mol. The largest absolute Gasteiger partial charge is 0.772 e. The number of alkyl halides is 3. The SMILES string of the molecule is CCCCCc1cccc(C(F)(F)F)c1CS(=O)[O-]. The summed E-state index contributed by atoms with van der Waals surface area (Å²) in [5.41, 5.74) is -0.474. The molecule has 0 N–H and O–H groups in total. The van der Waals surface area contributed by atoms with Crippen LogP contribution in [-0.4, -0.2) is 8.76 Å². The van der Waals surface area contributed by atoms with E-state index < -0.39 is 28.6 Å². The Kier molecular flexibility index (Phi) is 6.00. The van der Waals surface area contributed by atoms with E-state index in [1.54, 1.807) is 6.07 Å². The topological polar surface area (TPSA) is 40.1 Å². The first-order valence-electron chi connectivity index (χ1n) is 6.10. The van der Waals surface area contributed by atoms with Gasteiger partial charge in [0.05, 0.1) is 5.56 Å². The second kappa shape index (κ2) is 7.05. The van der Waals surface area contributed by atoms with Crippen molar-refractivity contribution in [2.75, 3.05) is 0 Å². The lowest BCUT2D eigenvalue weighted by Crippen LogP contribution is -2.13. The molecule has 0 fully saturated rings. The Balaban J connectivity index is 3.11. The standard InChI is InChI=1S/C13H17F3O2S/c1-2-3-4-6-10-7-5-8-12(13(14,15)16)11(10)9-19(17)18/h5,7-8H,2-4,6,9H2,1H3,(H,17,18)/p-1. The van der Waals surface area contributed by atoms with Crippen LogP contribution < -0.4 is 0 Å². The number of rotatable bonds is 6. The molecule has 108 valence electrons. The third-order valence-corrected chi connectivity index (χ3v) is 3.41. The van der Waals surface area contributed by atoms with Crippen LogP contribution in [0.5, 0.6) is 0 Å². The molecule has 1 unspecified atom stereocenters. The van der Waals surface area contributed by atoms with Crippen LogP contribution in [0.1, 0.15) is 42.9 Å². The summed E-state index contributed by atoms with van der Waals surface area (Å²) in [6.45, 7) is 2.00. The van der Waals surface area contributed by atoms with E-state index in [-0.39, 0.29) is 5.56 Å². The summed E-state index contributed by atoms with van der Waals surface area (Å²) >= 11 is -2.53. The quantitative estimate of drug-likeness (QED) is 0.591. The fourth-order valence-corrected chi connectivity index (χ4v) is 2.56. The maximum absolute atomic E-state index is 12.9. The molecule has 0 heterocycles. The summed E-state index contributed by atoms with van der Waals surface area (Å²) < 4.78 is 60.1. The van der Waals surface area contributed by atoms with Crippen molar-refractivity contribution >= 4 is 11.1 Å². The lowest BCUT2D eigenvalue weighted by molar-refractivity contribution is -0.138. The molecule has 0 saturated carbocycles. The molecule has 0 radical (unpaired) electrons. The summed E-state index contributed by atoms with van der Waals surface area (Å²) in [5, 5.41) is 0. The predicted octanol–water partition coefficient (Wildman–Crippen LogP) is 3.82. The Labute approximate surface area is 113 Å². The molecule has 0 saturated heterocycles. The van der Waals surface area contributed by atoms with Crippen molar-refractivity contribution in [3.63, 3.8) is 0 Å². The zero-order valence-electron chi connectivity index (χ0n) is 10.6. The van der Waals surface area contributed by atoms with E-state index >= 15 is 0 Å². The molecule has 0 aliphatic carbocycles. The number of aryl methyl sites for hydroxylation is 1. The highest BCUT2D eigenvalue weighted by molar-refractivity contribution is 7.78. The molecule has 6 heteroatoms. The van der Waals surface area contributed by atoms with Crippen LogP contribution in [-0.2, 0) is 29.4 Å². The van der Waals surface area contributed by atoms with Crippen LogP contribution in [0.15, 0.2) is 18.2 Å². The summed E-state index contributed by atoms with van der Waals surface area (Å²) in [6, 6.07) is 3.85. The molecule has 0 bridgehead atoms. The van der Waals surface area contributed by atoms with Crippen LogP contribution >= 0.6 is 0 Å². The normalized spacial score (nSPS) is 13.5. The smallest absolute Gasteiger partial charge is 0.416 e. The third-order valence-electron chi connectivity index (χ3n) is 2.89. The lowest BCUT2D eigenvalue weighted by Gasteiger charge is -2.18. The molecule has 1 aromatic carbocycles. The maximum Gasteiger partial charge on any atom is 0.416 e. The maximum atomic E-state index is 12.9. The van der Waals surface area contributed by atoms with Gasteiger partial charge in [0.15, 0.2) is 0 Å². The Morgan fingerprint density at radius 3 is 2.47 bits per heavy atom. The van der Waals surface area contributed by atoms with E-state index in [9.17, 15) is 21.9 Å². The fraction of sp³-hybridized carbons (Fsp3) is 0.538. The van der Waals surface area contributed by atoms with Crippen molar-refractivity contribution in [3.05, 3.63) is 34.9 Å². The van der Waals surface area contributed by atoms with Crippen molar-refractivity contribution in [2.45, 2.75) is 44.5 Å². The van der Waals surface area contributed by atoms with Gasteiger partial charge in [-0.3, -0.25) is 4.21 Å². The minimum Gasteiger partial charge on any atom is -0.772 e. The predicted molar refractivity (Wildman–Crippen MR) is 67.3 cm³/mol.